The van der Waals surface area contributed by atoms with E-state index in [1.165, 1.54) is 6.07 Å². The van der Waals surface area contributed by atoms with Gasteiger partial charge in [-0.3, -0.25) is 4.79 Å². The molecule has 1 amide bonds. The van der Waals surface area contributed by atoms with Gasteiger partial charge in [0.25, 0.3) is 0 Å². The number of aromatic nitrogens is 1. The van der Waals surface area contributed by atoms with Crippen LogP contribution < -0.4 is 5.32 Å². The van der Waals surface area contributed by atoms with Crippen LogP contribution in [0.3, 0.4) is 0 Å². The van der Waals surface area contributed by atoms with Crippen LogP contribution in [0.25, 0.3) is 6.08 Å². The Morgan fingerprint density at radius 2 is 2.43 bits per heavy atom. The minimum Gasteiger partial charge on any atom is -0.313 e. The molecule has 1 rings (SSSR count). The highest BCUT2D eigenvalue weighted by atomic mass is 79.9. The van der Waals surface area contributed by atoms with Crippen molar-refractivity contribution in [3.05, 3.63) is 28.1 Å². The molecule has 5 heteroatoms. The Kier molecular flexibility index (Phi) is 3.76. The first-order chi connectivity index (χ1) is 6.63. The largest absolute Gasteiger partial charge is 0.313 e. The Balaban J connectivity index is 3.15. The summed E-state index contributed by atoms with van der Waals surface area (Å²) < 4.78 is 13.6. The standard InChI is InChI=1S/C9H8BrFN2O/c1-6(10)2-7-3-8(11)4-12-9(7)13-5-14/h2-5H,1H3,(H,12,13,14)/b6-2+. The predicted octanol–water partition coefficient (Wildman–Crippen LogP) is 2.54. The maximum absolute atomic E-state index is 12.8. The van der Waals surface area contributed by atoms with Crippen molar-refractivity contribution in [2.75, 3.05) is 5.32 Å². The smallest absolute Gasteiger partial charge is 0.212 e. The molecule has 0 fully saturated rings. The van der Waals surface area contributed by atoms with Gasteiger partial charge < -0.3 is 5.32 Å². The monoisotopic (exact) mass is 258 g/mol. The van der Waals surface area contributed by atoms with Crippen LogP contribution in [0.5, 0.6) is 0 Å². The van der Waals surface area contributed by atoms with Gasteiger partial charge in [0, 0.05) is 5.56 Å². The lowest BCUT2D eigenvalue weighted by Crippen LogP contribution is -1.99. The molecule has 3 nitrogen and oxygen atoms in total. The first-order valence-electron chi connectivity index (χ1n) is 3.83. The van der Waals surface area contributed by atoms with Gasteiger partial charge in [-0.25, -0.2) is 9.37 Å². The number of hydrogen-bond acceptors (Lipinski definition) is 2. The molecule has 0 aliphatic carbocycles. The molecule has 0 bridgehead atoms. The molecule has 0 unspecified atom stereocenters. The minimum absolute atomic E-state index is 0.334. The number of nitrogens with zero attached hydrogens (tertiary/aromatic N) is 1. The van der Waals surface area contributed by atoms with Gasteiger partial charge in [0.1, 0.15) is 11.6 Å². The quantitative estimate of drug-likeness (QED) is 0.847. The molecule has 0 aliphatic rings. The van der Waals surface area contributed by atoms with Crippen molar-refractivity contribution in [3.8, 4) is 0 Å². The van der Waals surface area contributed by atoms with Crippen molar-refractivity contribution in [1.82, 2.24) is 4.98 Å². The zero-order valence-electron chi connectivity index (χ0n) is 7.42. The minimum atomic E-state index is -0.443. The fourth-order valence-corrected chi connectivity index (χ4v) is 1.20. The van der Waals surface area contributed by atoms with Crippen molar-refractivity contribution in [2.45, 2.75) is 6.92 Å². The van der Waals surface area contributed by atoms with E-state index in [2.05, 4.69) is 26.2 Å². The third-order valence-electron chi connectivity index (χ3n) is 1.43. The Hall–Kier alpha value is -1.23. The van der Waals surface area contributed by atoms with Crippen molar-refractivity contribution < 1.29 is 9.18 Å². The summed E-state index contributed by atoms with van der Waals surface area (Å²) in [6, 6.07) is 1.30. The highest BCUT2D eigenvalue weighted by Crippen LogP contribution is 2.18. The van der Waals surface area contributed by atoms with Crippen LogP contribution in [0.2, 0.25) is 0 Å². The number of anilines is 1. The SMILES string of the molecule is C/C(Br)=C\c1cc(F)cnc1NC=O. The molecule has 0 atom stereocenters. The zero-order chi connectivity index (χ0) is 10.6. The van der Waals surface area contributed by atoms with Crippen molar-refractivity contribution in [1.29, 1.82) is 0 Å². The Morgan fingerprint density at radius 3 is 3.00 bits per heavy atom. The Labute approximate surface area is 89.2 Å². The Bertz CT molecular complexity index is 375. The van der Waals surface area contributed by atoms with E-state index in [9.17, 15) is 9.18 Å². The van der Waals surface area contributed by atoms with Gasteiger partial charge in [0.2, 0.25) is 6.41 Å². The van der Waals surface area contributed by atoms with Crippen LogP contribution in [-0.2, 0) is 4.79 Å². The summed E-state index contributed by atoms with van der Waals surface area (Å²) in [5.74, 6) is -0.110. The van der Waals surface area contributed by atoms with Crippen LogP contribution in [-0.4, -0.2) is 11.4 Å². The van der Waals surface area contributed by atoms with Crippen LogP contribution >= 0.6 is 15.9 Å². The molecular formula is C9H8BrFN2O. The van der Waals surface area contributed by atoms with Gasteiger partial charge >= 0.3 is 0 Å². The van der Waals surface area contributed by atoms with Crippen molar-refractivity contribution in [2.24, 2.45) is 0 Å². The maximum atomic E-state index is 12.8. The van der Waals surface area contributed by atoms with Crippen molar-refractivity contribution in [3.63, 3.8) is 0 Å². The predicted molar refractivity (Wildman–Crippen MR) is 56.5 cm³/mol. The number of carbonyl (C=O) groups excluding carboxylic acids is 1. The summed E-state index contributed by atoms with van der Waals surface area (Å²) in [4.78, 5) is 14.0. The van der Waals surface area contributed by atoms with E-state index in [0.29, 0.717) is 17.8 Å². The first kappa shape index (κ1) is 10.8. The lowest BCUT2D eigenvalue weighted by Gasteiger charge is -2.02. The van der Waals surface area contributed by atoms with E-state index in [4.69, 9.17) is 0 Å². The molecule has 74 valence electrons. The number of nitrogens with one attached hydrogen (secondary N) is 1. The number of amides is 1. The highest BCUT2D eigenvalue weighted by molar-refractivity contribution is 9.11. The van der Waals surface area contributed by atoms with E-state index in [1.54, 1.807) is 13.0 Å². The average molecular weight is 259 g/mol. The van der Waals surface area contributed by atoms with E-state index >= 15 is 0 Å². The number of carbonyl (C=O) groups is 1. The molecule has 0 aromatic carbocycles. The molecule has 0 radical (unpaired) electrons. The molecule has 0 saturated carbocycles. The van der Waals surface area contributed by atoms with Gasteiger partial charge in [-0.15, -0.1) is 0 Å². The molecule has 0 aliphatic heterocycles. The maximum Gasteiger partial charge on any atom is 0.212 e. The Morgan fingerprint density at radius 1 is 1.71 bits per heavy atom. The van der Waals surface area contributed by atoms with Crippen LogP contribution in [0.1, 0.15) is 12.5 Å². The molecule has 0 spiro atoms. The van der Waals surface area contributed by atoms with Crippen LogP contribution in [0, 0.1) is 5.82 Å². The highest BCUT2D eigenvalue weighted by Gasteiger charge is 2.02. The van der Waals surface area contributed by atoms with Crippen LogP contribution in [0.4, 0.5) is 10.2 Å². The number of pyridine rings is 1. The second-order valence-corrected chi connectivity index (χ2v) is 3.84. The fourth-order valence-electron chi connectivity index (χ4n) is 0.956. The normalized spacial score (nSPS) is 11.2. The summed E-state index contributed by atoms with van der Waals surface area (Å²) in [6.45, 7) is 1.80. The topological polar surface area (TPSA) is 42.0 Å². The van der Waals surface area contributed by atoms with Gasteiger partial charge in [0.15, 0.2) is 0 Å². The second-order valence-electron chi connectivity index (χ2n) is 2.58. The molecule has 14 heavy (non-hydrogen) atoms. The third kappa shape index (κ3) is 2.92. The van der Waals surface area contributed by atoms with Gasteiger partial charge in [0.05, 0.1) is 6.20 Å². The summed E-state index contributed by atoms with van der Waals surface area (Å²) in [7, 11) is 0. The summed E-state index contributed by atoms with van der Waals surface area (Å²) >= 11 is 3.22. The number of hydrogen-bond donors (Lipinski definition) is 1. The van der Waals surface area contributed by atoms with E-state index in [1.807, 2.05) is 0 Å². The molecule has 1 heterocycles. The first-order valence-corrected chi connectivity index (χ1v) is 4.62. The molecule has 0 saturated heterocycles. The summed E-state index contributed by atoms with van der Waals surface area (Å²) in [5, 5.41) is 2.38. The number of allylic oxidation sites excluding steroid dienone is 1. The van der Waals surface area contributed by atoms with E-state index in [-0.39, 0.29) is 0 Å². The average Bonchev–Trinajstić information content (AvgIpc) is 2.09. The van der Waals surface area contributed by atoms with Crippen LogP contribution in [0.15, 0.2) is 16.7 Å². The van der Waals surface area contributed by atoms with Crippen molar-refractivity contribution >= 4 is 34.2 Å². The second kappa shape index (κ2) is 4.85. The zero-order valence-corrected chi connectivity index (χ0v) is 9.01. The van der Waals surface area contributed by atoms with E-state index in [0.717, 1.165) is 10.7 Å². The van der Waals surface area contributed by atoms with Gasteiger partial charge in [-0.1, -0.05) is 15.9 Å². The lowest BCUT2D eigenvalue weighted by atomic mass is 10.2. The lowest BCUT2D eigenvalue weighted by molar-refractivity contribution is -0.105. The summed E-state index contributed by atoms with van der Waals surface area (Å²) in [5.41, 5.74) is 0.520. The number of rotatable bonds is 3. The number of halogens is 2. The molecule has 1 aromatic rings. The van der Waals surface area contributed by atoms with Gasteiger partial charge in [-0.2, -0.15) is 0 Å². The fraction of sp³-hybridized carbons (Fsp3) is 0.111. The molecular weight excluding hydrogens is 251 g/mol. The molecule has 1 N–H and O–H groups in total. The third-order valence-corrected chi connectivity index (χ3v) is 1.66. The van der Waals surface area contributed by atoms with E-state index < -0.39 is 5.82 Å². The molecule has 1 aromatic heterocycles. The van der Waals surface area contributed by atoms with Gasteiger partial charge in [-0.05, 0) is 23.5 Å². The summed E-state index contributed by atoms with van der Waals surface area (Å²) in [6.07, 6.45) is 3.22.